The van der Waals surface area contributed by atoms with Crippen LogP contribution in [0, 0.1) is 5.92 Å². The first-order valence-corrected chi connectivity index (χ1v) is 8.94. The second-order valence-electron chi connectivity index (χ2n) is 7.88. The number of hydrogen-bond acceptors (Lipinski definition) is 2. The van der Waals surface area contributed by atoms with Gasteiger partial charge < -0.3 is 9.64 Å². The van der Waals surface area contributed by atoms with Crippen LogP contribution in [0.3, 0.4) is 0 Å². The summed E-state index contributed by atoms with van der Waals surface area (Å²) in [6.07, 6.45) is -0.342. The molecule has 0 radical (unpaired) electrons. The molecule has 3 atom stereocenters. The standard InChI is InChI=1S/C18H22Cl2FNO2/c1-17(2,3)24-16(23)22-9-12-6-13(21)8-18(12,10-22)11-4-5-14(19)15(20)7-11/h4-5,7,12-13H,6,8-10H2,1-3H3/t12-,13-,18+/m1/s1. The van der Waals surface area contributed by atoms with E-state index in [0.717, 1.165) is 5.56 Å². The minimum Gasteiger partial charge on any atom is -0.444 e. The number of ether oxygens (including phenoxy) is 1. The third-order valence-corrected chi connectivity index (χ3v) is 5.71. The van der Waals surface area contributed by atoms with E-state index in [1.165, 1.54) is 0 Å². The predicted octanol–water partition coefficient (Wildman–Crippen LogP) is 5.23. The highest BCUT2D eigenvalue weighted by molar-refractivity contribution is 6.42. The van der Waals surface area contributed by atoms with Crippen molar-refractivity contribution in [1.29, 1.82) is 0 Å². The van der Waals surface area contributed by atoms with Gasteiger partial charge in [-0.05, 0) is 57.2 Å². The van der Waals surface area contributed by atoms with Crippen molar-refractivity contribution in [1.82, 2.24) is 4.90 Å². The predicted molar refractivity (Wildman–Crippen MR) is 93.6 cm³/mol. The Kier molecular flexibility index (Phi) is 4.50. The van der Waals surface area contributed by atoms with Crippen molar-refractivity contribution in [2.75, 3.05) is 13.1 Å². The number of rotatable bonds is 1. The topological polar surface area (TPSA) is 29.5 Å². The summed E-state index contributed by atoms with van der Waals surface area (Å²) in [6.45, 7) is 6.48. The van der Waals surface area contributed by atoms with Crippen molar-refractivity contribution in [3.63, 3.8) is 0 Å². The van der Waals surface area contributed by atoms with Crippen molar-refractivity contribution in [2.24, 2.45) is 5.92 Å². The maximum atomic E-state index is 14.2. The fourth-order valence-corrected chi connectivity index (χ4v) is 4.31. The molecule has 3 rings (SSSR count). The number of halogens is 3. The molecule has 1 heterocycles. The normalized spacial score (nSPS) is 29.7. The van der Waals surface area contributed by atoms with E-state index in [1.54, 1.807) is 11.0 Å². The molecule has 1 aromatic carbocycles. The minimum absolute atomic E-state index is 0.0669. The molecule has 1 aromatic rings. The molecule has 1 aliphatic heterocycles. The average molecular weight is 374 g/mol. The lowest BCUT2D eigenvalue weighted by atomic mass is 9.74. The van der Waals surface area contributed by atoms with Gasteiger partial charge >= 0.3 is 6.09 Å². The Hall–Kier alpha value is -1.000. The second-order valence-corrected chi connectivity index (χ2v) is 8.69. The molecule has 6 heteroatoms. The number of carbonyl (C=O) groups excluding carboxylic acids is 1. The Morgan fingerprint density at radius 3 is 2.67 bits per heavy atom. The van der Waals surface area contributed by atoms with Crippen molar-refractivity contribution in [2.45, 2.75) is 50.8 Å². The summed E-state index contributed by atoms with van der Waals surface area (Å²) in [5, 5.41) is 0.936. The summed E-state index contributed by atoms with van der Waals surface area (Å²) in [7, 11) is 0. The molecule has 1 amide bonds. The molecule has 1 saturated heterocycles. The van der Waals surface area contributed by atoms with E-state index in [4.69, 9.17) is 27.9 Å². The monoisotopic (exact) mass is 373 g/mol. The van der Waals surface area contributed by atoms with Crippen LogP contribution in [0.25, 0.3) is 0 Å². The van der Waals surface area contributed by atoms with E-state index in [-0.39, 0.29) is 12.0 Å². The van der Waals surface area contributed by atoms with Gasteiger partial charge in [0.25, 0.3) is 0 Å². The lowest BCUT2D eigenvalue weighted by Crippen LogP contribution is -2.38. The highest BCUT2D eigenvalue weighted by Crippen LogP contribution is 2.52. The van der Waals surface area contributed by atoms with Crippen LogP contribution in [0.1, 0.15) is 39.2 Å². The Morgan fingerprint density at radius 2 is 2.04 bits per heavy atom. The third kappa shape index (κ3) is 3.23. The van der Waals surface area contributed by atoms with Gasteiger partial charge in [0.05, 0.1) is 10.0 Å². The molecule has 24 heavy (non-hydrogen) atoms. The first-order valence-electron chi connectivity index (χ1n) is 8.18. The molecule has 0 bridgehead atoms. The van der Waals surface area contributed by atoms with Gasteiger partial charge in [-0.2, -0.15) is 0 Å². The van der Waals surface area contributed by atoms with Crippen molar-refractivity contribution >= 4 is 29.3 Å². The highest BCUT2D eigenvalue weighted by atomic mass is 35.5. The average Bonchev–Trinajstić information content (AvgIpc) is 2.93. The summed E-state index contributed by atoms with van der Waals surface area (Å²) in [4.78, 5) is 14.1. The molecular weight excluding hydrogens is 352 g/mol. The number of amides is 1. The van der Waals surface area contributed by atoms with E-state index >= 15 is 0 Å². The third-order valence-electron chi connectivity index (χ3n) is 4.97. The minimum atomic E-state index is -0.856. The Bertz CT molecular complexity index is 661. The van der Waals surface area contributed by atoms with E-state index in [1.807, 2.05) is 32.9 Å². The zero-order valence-electron chi connectivity index (χ0n) is 14.1. The summed E-state index contributed by atoms with van der Waals surface area (Å²) in [5.41, 5.74) is -0.00767. The van der Waals surface area contributed by atoms with Crippen LogP contribution in [0.15, 0.2) is 18.2 Å². The van der Waals surface area contributed by atoms with Gasteiger partial charge in [0, 0.05) is 18.5 Å². The summed E-state index contributed by atoms with van der Waals surface area (Å²) in [5.74, 6) is 0.0669. The number of likely N-dealkylation sites (tertiary alicyclic amines) is 1. The van der Waals surface area contributed by atoms with Gasteiger partial charge in [0.1, 0.15) is 11.8 Å². The summed E-state index contributed by atoms with van der Waals surface area (Å²) in [6, 6.07) is 5.46. The summed E-state index contributed by atoms with van der Waals surface area (Å²) < 4.78 is 19.6. The van der Waals surface area contributed by atoms with Gasteiger partial charge in [-0.25, -0.2) is 9.18 Å². The number of alkyl halides is 1. The maximum Gasteiger partial charge on any atom is 0.410 e. The first kappa shape index (κ1) is 17.8. The van der Waals surface area contributed by atoms with Crippen LogP contribution in [-0.4, -0.2) is 35.9 Å². The quantitative estimate of drug-likeness (QED) is 0.674. The van der Waals surface area contributed by atoms with Crippen LogP contribution in [0.2, 0.25) is 10.0 Å². The van der Waals surface area contributed by atoms with Gasteiger partial charge in [-0.15, -0.1) is 0 Å². The Balaban J connectivity index is 1.89. The molecular formula is C18H22Cl2FNO2. The Morgan fingerprint density at radius 1 is 1.33 bits per heavy atom. The van der Waals surface area contributed by atoms with Gasteiger partial charge in [-0.1, -0.05) is 29.3 Å². The fraction of sp³-hybridized carbons (Fsp3) is 0.611. The molecule has 0 aromatic heterocycles. The summed E-state index contributed by atoms with van der Waals surface area (Å²) >= 11 is 12.2. The number of fused-ring (bicyclic) bond motifs is 1. The molecule has 0 N–H and O–H groups in total. The van der Waals surface area contributed by atoms with E-state index in [0.29, 0.717) is 36.0 Å². The Labute approximate surface area is 152 Å². The fourth-order valence-electron chi connectivity index (χ4n) is 4.01. The van der Waals surface area contributed by atoms with Crippen LogP contribution in [-0.2, 0) is 10.2 Å². The molecule has 0 spiro atoms. The lowest BCUT2D eigenvalue weighted by molar-refractivity contribution is 0.0272. The van der Waals surface area contributed by atoms with Gasteiger partial charge in [0.15, 0.2) is 0 Å². The van der Waals surface area contributed by atoms with Crippen LogP contribution < -0.4 is 0 Å². The molecule has 0 unspecified atom stereocenters. The molecule has 3 nitrogen and oxygen atoms in total. The molecule has 2 aliphatic rings. The first-order chi connectivity index (χ1) is 11.1. The maximum absolute atomic E-state index is 14.2. The van der Waals surface area contributed by atoms with E-state index in [9.17, 15) is 9.18 Å². The lowest BCUT2D eigenvalue weighted by Gasteiger charge is -2.30. The molecule has 1 aliphatic carbocycles. The van der Waals surface area contributed by atoms with Crippen molar-refractivity contribution < 1.29 is 13.9 Å². The molecule has 132 valence electrons. The van der Waals surface area contributed by atoms with Gasteiger partial charge in [-0.3, -0.25) is 0 Å². The van der Waals surface area contributed by atoms with E-state index < -0.39 is 17.2 Å². The number of hydrogen-bond donors (Lipinski definition) is 0. The zero-order chi connectivity index (χ0) is 17.7. The number of nitrogens with zero attached hydrogens (tertiary/aromatic N) is 1. The van der Waals surface area contributed by atoms with Gasteiger partial charge in [0.2, 0.25) is 0 Å². The van der Waals surface area contributed by atoms with Crippen molar-refractivity contribution in [3.05, 3.63) is 33.8 Å². The number of benzene rings is 1. The van der Waals surface area contributed by atoms with Crippen LogP contribution >= 0.6 is 23.2 Å². The number of carbonyl (C=O) groups is 1. The van der Waals surface area contributed by atoms with Crippen LogP contribution in [0.4, 0.5) is 9.18 Å². The molecule has 2 fully saturated rings. The van der Waals surface area contributed by atoms with E-state index in [2.05, 4.69) is 0 Å². The van der Waals surface area contributed by atoms with Crippen molar-refractivity contribution in [3.8, 4) is 0 Å². The van der Waals surface area contributed by atoms with Crippen LogP contribution in [0.5, 0.6) is 0 Å². The highest BCUT2D eigenvalue weighted by Gasteiger charge is 2.55. The largest absolute Gasteiger partial charge is 0.444 e. The zero-order valence-corrected chi connectivity index (χ0v) is 15.6. The molecule has 1 saturated carbocycles. The SMILES string of the molecule is CC(C)(C)OC(=O)N1C[C@H]2C[C@@H](F)C[C@@]2(c2ccc(Cl)c(Cl)c2)C1. The smallest absolute Gasteiger partial charge is 0.410 e. The second kappa shape index (κ2) is 6.06.